The van der Waals surface area contributed by atoms with Gasteiger partial charge in [0.15, 0.2) is 5.82 Å². The SMILES string of the molecule is Cc1nc(CC2CCCN(c3nccc(C(C)(C)C)n3)C2)no1. The molecule has 3 rings (SSSR count). The number of nitrogens with zero attached hydrogens (tertiary/aromatic N) is 5. The van der Waals surface area contributed by atoms with Gasteiger partial charge in [0.25, 0.3) is 0 Å². The topological polar surface area (TPSA) is 67.9 Å². The highest BCUT2D eigenvalue weighted by Crippen LogP contribution is 2.25. The Hall–Kier alpha value is -1.98. The first-order valence-electron chi connectivity index (χ1n) is 8.29. The Bertz CT molecular complexity index is 661. The van der Waals surface area contributed by atoms with E-state index in [1.54, 1.807) is 0 Å². The highest BCUT2D eigenvalue weighted by molar-refractivity contribution is 5.32. The summed E-state index contributed by atoms with van der Waals surface area (Å²) < 4.78 is 5.07. The van der Waals surface area contributed by atoms with E-state index >= 15 is 0 Å². The average molecular weight is 315 g/mol. The molecule has 0 amide bonds. The van der Waals surface area contributed by atoms with Gasteiger partial charge in [-0.15, -0.1) is 0 Å². The van der Waals surface area contributed by atoms with Crippen molar-refractivity contribution in [2.24, 2.45) is 5.92 Å². The molecule has 2 aromatic heterocycles. The summed E-state index contributed by atoms with van der Waals surface area (Å²) in [4.78, 5) is 15.9. The van der Waals surface area contributed by atoms with Crippen LogP contribution in [0.2, 0.25) is 0 Å². The number of rotatable bonds is 3. The van der Waals surface area contributed by atoms with Crippen molar-refractivity contribution in [1.82, 2.24) is 20.1 Å². The van der Waals surface area contributed by atoms with Gasteiger partial charge in [0.05, 0.1) is 5.69 Å². The summed E-state index contributed by atoms with van der Waals surface area (Å²) in [5, 5.41) is 4.02. The van der Waals surface area contributed by atoms with Crippen molar-refractivity contribution < 1.29 is 4.52 Å². The molecule has 6 nitrogen and oxygen atoms in total. The van der Waals surface area contributed by atoms with Crippen LogP contribution < -0.4 is 4.90 Å². The number of anilines is 1. The van der Waals surface area contributed by atoms with Crippen LogP contribution in [0, 0.1) is 12.8 Å². The first kappa shape index (κ1) is 15.9. The number of hydrogen-bond donors (Lipinski definition) is 0. The molecule has 0 saturated carbocycles. The second kappa shape index (κ2) is 6.26. The molecule has 1 saturated heterocycles. The molecule has 1 unspecified atom stereocenters. The van der Waals surface area contributed by atoms with E-state index in [4.69, 9.17) is 9.51 Å². The van der Waals surface area contributed by atoms with E-state index in [0.29, 0.717) is 11.8 Å². The lowest BCUT2D eigenvalue weighted by Crippen LogP contribution is -2.37. The van der Waals surface area contributed by atoms with Crippen molar-refractivity contribution in [2.45, 2.75) is 52.4 Å². The smallest absolute Gasteiger partial charge is 0.225 e. The van der Waals surface area contributed by atoms with Crippen LogP contribution in [0.5, 0.6) is 0 Å². The fourth-order valence-corrected chi connectivity index (χ4v) is 3.01. The highest BCUT2D eigenvalue weighted by atomic mass is 16.5. The molecule has 0 aromatic carbocycles. The average Bonchev–Trinajstić information content (AvgIpc) is 2.92. The molecule has 3 heterocycles. The van der Waals surface area contributed by atoms with Gasteiger partial charge in [0.1, 0.15) is 0 Å². The molecule has 0 aliphatic carbocycles. The van der Waals surface area contributed by atoms with Gasteiger partial charge in [-0.2, -0.15) is 4.98 Å². The second-order valence-corrected chi connectivity index (χ2v) is 7.38. The third-order valence-corrected chi connectivity index (χ3v) is 4.25. The van der Waals surface area contributed by atoms with E-state index in [2.05, 4.69) is 40.8 Å². The van der Waals surface area contributed by atoms with Gasteiger partial charge >= 0.3 is 0 Å². The van der Waals surface area contributed by atoms with Crippen LogP contribution in [-0.2, 0) is 11.8 Å². The zero-order valence-corrected chi connectivity index (χ0v) is 14.4. The van der Waals surface area contributed by atoms with Gasteiger partial charge < -0.3 is 9.42 Å². The zero-order chi connectivity index (χ0) is 16.4. The lowest BCUT2D eigenvalue weighted by atomic mass is 9.92. The lowest BCUT2D eigenvalue weighted by Gasteiger charge is -2.33. The summed E-state index contributed by atoms with van der Waals surface area (Å²) in [5.41, 5.74) is 1.12. The molecule has 0 radical (unpaired) electrons. The fourth-order valence-electron chi connectivity index (χ4n) is 3.01. The van der Waals surface area contributed by atoms with Crippen molar-refractivity contribution in [3.05, 3.63) is 29.7 Å². The number of aromatic nitrogens is 4. The molecule has 0 N–H and O–H groups in total. The standard InChI is InChI=1S/C17H25N5O/c1-12-19-15(21-23-12)10-13-6-5-9-22(11-13)16-18-8-7-14(20-16)17(2,3)4/h7-8,13H,5-6,9-11H2,1-4H3. The monoisotopic (exact) mass is 315 g/mol. The molecule has 0 bridgehead atoms. The number of piperidine rings is 1. The number of aryl methyl sites for hydroxylation is 1. The van der Waals surface area contributed by atoms with Gasteiger partial charge in [-0.1, -0.05) is 25.9 Å². The minimum atomic E-state index is 0.0367. The van der Waals surface area contributed by atoms with Crippen LogP contribution in [0.25, 0.3) is 0 Å². The molecular formula is C17H25N5O. The maximum absolute atomic E-state index is 5.07. The molecule has 1 aliphatic rings. The summed E-state index contributed by atoms with van der Waals surface area (Å²) in [6.07, 6.45) is 5.05. The van der Waals surface area contributed by atoms with Crippen LogP contribution in [-0.4, -0.2) is 33.2 Å². The minimum absolute atomic E-state index is 0.0367. The zero-order valence-electron chi connectivity index (χ0n) is 14.4. The Morgan fingerprint density at radius 3 is 2.83 bits per heavy atom. The maximum Gasteiger partial charge on any atom is 0.225 e. The molecule has 2 aromatic rings. The van der Waals surface area contributed by atoms with Crippen LogP contribution in [0.3, 0.4) is 0 Å². The first-order chi connectivity index (χ1) is 10.9. The third kappa shape index (κ3) is 3.86. The molecular weight excluding hydrogens is 290 g/mol. The van der Waals surface area contributed by atoms with Gasteiger partial charge in [0.2, 0.25) is 11.8 Å². The Balaban J connectivity index is 1.71. The van der Waals surface area contributed by atoms with Gasteiger partial charge in [-0.3, -0.25) is 0 Å². The van der Waals surface area contributed by atoms with Crippen molar-refractivity contribution in [3.8, 4) is 0 Å². The van der Waals surface area contributed by atoms with E-state index in [9.17, 15) is 0 Å². The van der Waals surface area contributed by atoms with Crippen molar-refractivity contribution in [1.29, 1.82) is 0 Å². The molecule has 1 fully saturated rings. The van der Waals surface area contributed by atoms with Crippen LogP contribution >= 0.6 is 0 Å². The Kier molecular flexibility index (Phi) is 4.33. The largest absolute Gasteiger partial charge is 0.341 e. The maximum atomic E-state index is 5.07. The second-order valence-electron chi connectivity index (χ2n) is 7.38. The fraction of sp³-hybridized carbons (Fsp3) is 0.647. The quantitative estimate of drug-likeness (QED) is 0.867. The molecule has 6 heteroatoms. The molecule has 124 valence electrons. The molecule has 23 heavy (non-hydrogen) atoms. The summed E-state index contributed by atoms with van der Waals surface area (Å²) in [6, 6.07) is 2.01. The lowest BCUT2D eigenvalue weighted by molar-refractivity contribution is 0.368. The third-order valence-electron chi connectivity index (χ3n) is 4.25. The predicted octanol–water partition coefficient (Wildman–Crippen LogP) is 2.92. The highest BCUT2D eigenvalue weighted by Gasteiger charge is 2.25. The molecule has 0 spiro atoms. The van der Waals surface area contributed by atoms with Gasteiger partial charge in [0, 0.05) is 38.0 Å². The van der Waals surface area contributed by atoms with E-state index < -0.39 is 0 Å². The van der Waals surface area contributed by atoms with Crippen LogP contribution in [0.4, 0.5) is 5.95 Å². The Labute approximate surface area is 137 Å². The Morgan fingerprint density at radius 2 is 2.13 bits per heavy atom. The van der Waals surface area contributed by atoms with E-state index in [0.717, 1.165) is 43.4 Å². The minimum Gasteiger partial charge on any atom is -0.341 e. The first-order valence-corrected chi connectivity index (χ1v) is 8.29. The van der Waals surface area contributed by atoms with Gasteiger partial charge in [-0.05, 0) is 24.8 Å². The normalized spacial score (nSPS) is 19.1. The summed E-state index contributed by atoms with van der Waals surface area (Å²) >= 11 is 0. The predicted molar refractivity (Wildman–Crippen MR) is 88.4 cm³/mol. The summed E-state index contributed by atoms with van der Waals surface area (Å²) in [5.74, 6) is 2.79. The van der Waals surface area contributed by atoms with E-state index in [-0.39, 0.29) is 5.41 Å². The van der Waals surface area contributed by atoms with E-state index in [1.165, 1.54) is 6.42 Å². The van der Waals surface area contributed by atoms with Crippen molar-refractivity contribution >= 4 is 5.95 Å². The van der Waals surface area contributed by atoms with Crippen molar-refractivity contribution in [3.63, 3.8) is 0 Å². The van der Waals surface area contributed by atoms with Crippen LogP contribution in [0.1, 0.15) is 51.0 Å². The summed E-state index contributed by atoms with van der Waals surface area (Å²) in [7, 11) is 0. The number of hydrogen-bond acceptors (Lipinski definition) is 6. The van der Waals surface area contributed by atoms with Gasteiger partial charge in [-0.25, -0.2) is 9.97 Å². The van der Waals surface area contributed by atoms with Crippen molar-refractivity contribution in [2.75, 3.05) is 18.0 Å². The molecule has 1 aliphatic heterocycles. The van der Waals surface area contributed by atoms with E-state index in [1.807, 2.05) is 19.2 Å². The molecule has 1 atom stereocenters. The Morgan fingerprint density at radius 1 is 1.30 bits per heavy atom. The van der Waals surface area contributed by atoms with Crippen LogP contribution in [0.15, 0.2) is 16.8 Å². The summed E-state index contributed by atoms with van der Waals surface area (Å²) in [6.45, 7) is 10.3.